The third-order valence-electron chi connectivity index (χ3n) is 7.21. The van der Waals surface area contributed by atoms with E-state index in [0.29, 0.717) is 28.7 Å². The van der Waals surface area contributed by atoms with Crippen LogP contribution in [-0.2, 0) is 9.53 Å². The number of hydrogen-bond donors (Lipinski definition) is 1. The van der Waals surface area contributed by atoms with Crippen molar-refractivity contribution in [3.05, 3.63) is 52.8 Å². The number of nitrogens with zero attached hydrogens (tertiary/aromatic N) is 3. The van der Waals surface area contributed by atoms with Crippen molar-refractivity contribution < 1.29 is 43.1 Å². The second-order valence-electron chi connectivity index (χ2n) is 8.92. The summed E-state index contributed by atoms with van der Waals surface area (Å²) in [6.07, 6.45) is 1.36. The molecule has 0 amide bonds. The van der Waals surface area contributed by atoms with E-state index < -0.39 is 23.8 Å². The SMILES string of the molecule is COc1cc([C@@H]2c3cc4c(cc3[C@@H](n3cc(C(=O)O)nn3)[C@H]3COC(=O)[C@H]23)OCO4)cc(OC)c1OC. The molecule has 2 aromatic carbocycles. The second kappa shape index (κ2) is 8.57. The van der Waals surface area contributed by atoms with Crippen LogP contribution in [0.3, 0.4) is 0 Å². The van der Waals surface area contributed by atoms with Crippen molar-refractivity contribution >= 4 is 11.9 Å². The lowest BCUT2D eigenvalue weighted by Crippen LogP contribution is -2.37. The van der Waals surface area contributed by atoms with Gasteiger partial charge in [0.05, 0.1) is 46.1 Å². The Bertz CT molecular complexity index is 1390. The van der Waals surface area contributed by atoms with Crippen molar-refractivity contribution in [2.45, 2.75) is 12.0 Å². The normalized spacial score (nSPS) is 23.2. The molecule has 0 spiro atoms. The molecule has 1 N–H and O–H groups in total. The van der Waals surface area contributed by atoms with Crippen LogP contribution in [0.25, 0.3) is 0 Å². The fraction of sp³-hybridized carbons (Fsp3) is 0.360. The van der Waals surface area contributed by atoms with Crippen molar-refractivity contribution in [3.63, 3.8) is 0 Å². The molecule has 4 atom stereocenters. The number of carbonyl (C=O) groups is 2. The Morgan fingerprint density at radius 1 is 1.00 bits per heavy atom. The monoisotopic (exact) mass is 509 g/mol. The van der Waals surface area contributed by atoms with Gasteiger partial charge in [0.2, 0.25) is 12.5 Å². The van der Waals surface area contributed by atoms with Gasteiger partial charge in [0.25, 0.3) is 0 Å². The summed E-state index contributed by atoms with van der Waals surface area (Å²) in [7, 11) is 4.58. The lowest BCUT2D eigenvalue weighted by Gasteiger charge is -2.39. The van der Waals surface area contributed by atoms with Gasteiger partial charge in [-0.15, -0.1) is 5.10 Å². The number of benzene rings is 2. The number of aromatic nitrogens is 3. The third kappa shape index (κ3) is 3.43. The first kappa shape index (κ1) is 23.0. The Balaban J connectivity index is 1.60. The minimum Gasteiger partial charge on any atom is -0.493 e. The van der Waals surface area contributed by atoms with Crippen LogP contribution in [0, 0.1) is 11.8 Å². The molecule has 1 aliphatic carbocycles. The van der Waals surface area contributed by atoms with Crippen LogP contribution in [0.5, 0.6) is 28.7 Å². The number of carbonyl (C=O) groups excluding carboxylic acids is 1. The smallest absolute Gasteiger partial charge is 0.358 e. The van der Waals surface area contributed by atoms with E-state index in [9.17, 15) is 14.7 Å². The van der Waals surface area contributed by atoms with Crippen LogP contribution in [-0.4, -0.2) is 66.8 Å². The van der Waals surface area contributed by atoms with Crippen molar-refractivity contribution in [3.8, 4) is 28.7 Å². The molecule has 1 fully saturated rings. The van der Waals surface area contributed by atoms with Crippen LogP contribution in [0.4, 0.5) is 0 Å². The fourth-order valence-electron chi connectivity index (χ4n) is 5.66. The summed E-state index contributed by atoms with van der Waals surface area (Å²) >= 11 is 0. The predicted octanol–water partition coefficient (Wildman–Crippen LogP) is 2.25. The van der Waals surface area contributed by atoms with Crippen LogP contribution < -0.4 is 23.7 Å². The van der Waals surface area contributed by atoms with Crippen molar-refractivity contribution in [2.24, 2.45) is 11.8 Å². The highest BCUT2D eigenvalue weighted by atomic mass is 16.7. The Kier molecular flexibility index (Phi) is 5.32. The molecule has 12 nitrogen and oxygen atoms in total. The zero-order valence-electron chi connectivity index (χ0n) is 20.2. The van der Waals surface area contributed by atoms with Gasteiger partial charge in [-0.1, -0.05) is 5.21 Å². The minimum absolute atomic E-state index is 0.0686. The quantitative estimate of drug-likeness (QED) is 0.489. The van der Waals surface area contributed by atoms with Crippen LogP contribution in [0.1, 0.15) is 39.1 Å². The first-order valence-corrected chi connectivity index (χ1v) is 11.5. The number of carboxylic acid groups (broad SMARTS) is 1. The molecule has 12 heteroatoms. The van der Waals surface area contributed by atoms with E-state index in [1.807, 2.05) is 24.3 Å². The average Bonchev–Trinajstić information content (AvgIpc) is 3.65. The summed E-state index contributed by atoms with van der Waals surface area (Å²) in [4.78, 5) is 24.8. The zero-order chi connectivity index (χ0) is 25.8. The van der Waals surface area contributed by atoms with Gasteiger partial charge >= 0.3 is 11.9 Å². The number of ether oxygens (including phenoxy) is 6. The van der Waals surface area contributed by atoms with E-state index in [2.05, 4.69) is 10.3 Å². The standard InChI is InChI=1S/C25H23N3O9/c1-32-18-4-11(5-19(33-2)23(18)34-3)20-12-6-16-17(37-10-36-16)7-13(12)22(14-9-35-25(31)21(14)20)28-8-15(24(29)30)26-27-28/h4-8,14,20-22H,9-10H2,1-3H3,(H,29,30)/t14-,20+,21-,22+/m0/s1. The molecule has 0 radical (unpaired) electrons. The van der Waals surface area contributed by atoms with Crippen LogP contribution in [0.2, 0.25) is 0 Å². The van der Waals surface area contributed by atoms with Crippen LogP contribution in [0.15, 0.2) is 30.5 Å². The van der Waals surface area contributed by atoms with Crippen molar-refractivity contribution in [2.75, 3.05) is 34.7 Å². The Hall–Kier alpha value is -4.48. The van der Waals surface area contributed by atoms with E-state index >= 15 is 0 Å². The average molecular weight is 509 g/mol. The van der Waals surface area contributed by atoms with Gasteiger partial charge < -0.3 is 33.5 Å². The Labute approximate surface area is 210 Å². The molecule has 2 aliphatic heterocycles. The molecule has 192 valence electrons. The van der Waals surface area contributed by atoms with Gasteiger partial charge in [0.15, 0.2) is 28.7 Å². The lowest BCUT2D eigenvalue weighted by molar-refractivity contribution is -0.141. The summed E-state index contributed by atoms with van der Waals surface area (Å²) in [5, 5.41) is 17.3. The van der Waals surface area contributed by atoms with E-state index in [0.717, 1.165) is 16.7 Å². The molecular formula is C25H23N3O9. The molecule has 37 heavy (non-hydrogen) atoms. The third-order valence-corrected chi connectivity index (χ3v) is 7.21. The van der Waals surface area contributed by atoms with Crippen molar-refractivity contribution in [1.82, 2.24) is 15.0 Å². The largest absolute Gasteiger partial charge is 0.493 e. The summed E-state index contributed by atoms with van der Waals surface area (Å²) < 4.78 is 35.0. The first-order chi connectivity index (χ1) is 17.9. The number of fused-ring (bicyclic) bond motifs is 3. The van der Waals surface area contributed by atoms with Gasteiger partial charge in [-0.25, -0.2) is 9.48 Å². The predicted molar refractivity (Wildman–Crippen MR) is 124 cm³/mol. The highest BCUT2D eigenvalue weighted by molar-refractivity contribution is 5.84. The molecule has 0 saturated carbocycles. The maximum atomic E-state index is 13.3. The number of carboxylic acids is 1. The molecular weight excluding hydrogens is 486 g/mol. The highest BCUT2D eigenvalue weighted by Crippen LogP contribution is 2.56. The second-order valence-corrected chi connectivity index (χ2v) is 8.92. The molecule has 0 unspecified atom stereocenters. The maximum Gasteiger partial charge on any atom is 0.358 e. The molecule has 3 aliphatic rings. The number of methoxy groups -OCH3 is 3. The number of rotatable bonds is 6. The van der Waals surface area contributed by atoms with Gasteiger partial charge in [0, 0.05) is 11.8 Å². The Morgan fingerprint density at radius 3 is 2.27 bits per heavy atom. The topological polar surface area (TPSA) is 140 Å². The summed E-state index contributed by atoms with van der Waals surface area (Å²) in [6.45, 7) is 0.199. The molecule has 1 saturated heterocycles. The molecule has 3 aromatic rings. The zero-order valence-corrected chi connectivity index (χ0v) is 20.2. The van der Waals surface area contributed by atoms with Gasteiger partial charge in [-0.2, -0.15) is 0 Å². The number of cyclic esters (lactones) is 1. The summed E-state index contributed by atoms with van der Waals surface area (Å²) in [5.41, 5.74) is 2.14. The van der Waals surface area contributed by atoms with Gasteiger partial charge in [0.1, 0.15) is 0 Å². The van der Waals surface area contributed by atoms with Crippen molar-refractivity contribution in [1.29, 1.82) is 0 Å². The molecule has 3 heterocycles. The summed E-state index contributed by atoms with van der Waals surface area (Å²) in [5.74, 6) is -0.572. The lowest BCUT2D eigenvalue weighted by atomic mass is 9.65. The number of aromatic carboxylic acids is 1. The van der Waals surface area contributed by atoms with E-state index in [1.54, 1.807) is 0 Å². The highest BCUT2D eigenvalue weighted by Gasteiger charge is 2.53. The van der Waals surface area contributed by atoms with E-state index in [1.165, 1.54) is 32.2 Å². The number of hydrogen-bond acceptors (Lipinski definition) is 10. The minimum atomic E-state index is -1.20. The van der Waals surface area contributed by atoms with Gasteiger partial charge in [-0.3, -0.25) is 4.79 Å². The van der Waals surface area contributed by atoms with E-state index in [4.69, 9.17) is 28.4 Å². The molecule has 1 aromatic heterocycles. The first-order valence-electron chi connectivity index (χ1n) is 11.5. The molecule has 0 bridgehead atoms. The number of esters is 1. The van der Waals surface area contributed by atoms with Crippen LogP contribution >= 0.6 is 0 Å². The fourth-order valence-corrected chi connectivity index (χ4v) is 5.66. The maximum absolute atomic E-state index is 13.3. The summed E-state index contributed by atoms with van der Waals surface area (Å²) in [6, 6.07) is 6.83. The molecule has 6 rings (SSSR count). The van der Waals surface area contributed by atoms with Gasteiger partial charge in [-0.05, 0) is 41.0 Å². The Morgan fingerprint density at radius 2 is 1.68 bits per heavy atom. The van der Waals surface area contributed by atoms with E-state index in [-0.39, 0.29) is 31.0 Å².